The van der Waals surface area contributed by atoms with E-state index in [4.69, 9.17) is 4.98 Å². The number of benzene rings is 3. The van der Waals surface area contributed by atoms with Crippen molar-refractivity contribution < 1.29 is 4.79 Å². The number of pyridine rings is 1. The van der Waals surface area contributed by atoms with Crippen molar-refractivity contribution in [1.82, 2.24) is 9.97 Å². The van der Waals surface area contributed by atoms with E-state index >= 15 is 0 Å². The van der Waals surface area contributed by atoms with E-state index in [1.165, 1.54) is 33.6 Å². The summed E-state index contributed by atoms with van der Waals surface area (Å²) in [5.74, 6) is 0.0170. The van der Waals surface area contributed by atoms with Crippen molar-refractivity contribution in [2.24, 2.45) is 5.41 Å². The lowest BCUT2D eigenvalue weighted by Gasteiger charge is -2.30. The zero-order valence-electron chi connectivity index (χ0n) is 20.6. The summed E-state index contributed by atoms with van der Waals surface area (Å²) in [6, 6.07) is 31.3. The van der Waals surface area contributed by atoms with E-state index in [2.05, 4.69) is 77.9 Å². The highest BCUT2D eigenvalue weighted by atomic mass is 32.1. The minimum Gasteiger partial charge on any atom is -0.301 e. The van der Waals surface area contributed by atoms with Gasteiger partial charge in [-0.3, -0.25) is 9.78 Å². The molecule has 6 rings (SSSR count). The molecule has 3 aromatic carbocycles. The van der Waals surface area contributed by atoms with Crippen LogP contribution in [0.15, 0.2) is 109 Å². The Hall–Kier alpha value is -4.09. The van der Waals surface area contributed by atoms with Crippen LogP contribution < -0.4 is 5.32 Å². The summed E-state index contributed by atoms with van der Waals surface area (Å²) in [7, 11) is 0. The van der Waals surface area contributed by atoms with Gasteiger partial charge < -0.3 is 5.32 Å². The predicted octanol–water partition coefficient (Wildman–Crippen LogP) is 7.13. The topological polar surface area (TPSA) is 54.9 Å². The number of aromatic nitrogens is 2. The van der Waals surface area contributed by atoms with Crippen LogP contribution in [-0.4, -0.2) is 15.9 Å². The van der Waals surface area contributed by atoms with E-state index in [0.29, 0.717) is 11.6 Å². The Morgan fingerprint density at radius 2 is 1.62 bits per heavy atom. The highest BCUT2D eigenvalue weighted by Crippen LogP contribution is 2.51. The Bertz CT molecular complexity index is 1530. The summed E-state index contributed by atoms with van der Waals surface area (Å²) in [5.41, 5.74) is 7.50. The van der Waals surface area contributed by atoms with Crippen molar-refractivity contribution in [3.8, 4) is 11.1 Å². The maximum atomic E-state index is 13.8. The van der Waals surface area contributed by atoms with Crippen LogP contribution in [0, 0.1) is 5.41 Å². The third kappa shape index (κ3) is 4.58. The van der Waals surface area contributed by atoms with Gasteiger partial charge in [-0.2, -0.15) is 0 Å². The lowest BCUT2D eigenvalue weighted by molar-refractivity contribution is -0.125. The number of anilines is 1. The van der Waals surface area contributed by atoms with Crippen LogP contribution in [0.1, 0.15) is 40.8 Å². The smallest absolute Gasteiger partial charge is 0.233 e. The van der Waals surface area contributed by atoms with Gasteiger partial charge in [-0.25, -0.2) is 4.98 Å². The second-order valence-electron chi connectivity index (χ2n) is 9.84. The molecule has 0 fully saturated rings. The van der Waals surface area contributed by atoms with Crippen LogP contribution in [0.2, 0.25) is 0 Å². The number of nitrogens with zero attached hydrogens (tertiary/aromatic N) is 2. The Kier molecular flexibility index (Phi) is 6.15. The Labute approximate surface area is 221 Å². The molecule has 5 heteroatoms. The van der Waals surface area contributed by atoms with Crippen molar-refractivity contribution >= 4 is 22.4 Å². The average Bonchev–Trinajstić information content (AvgIpc) is 3.51. The number of fused-ring (bicyclic) bond motifs is 1. The molecular weight excluding hydrogens is 474 g/mol. The molecular formula is C32H27N3OS. The summed E-state index contributed by atoms with van der Waals surface area (Å²) in [5, 5.41) is 5.84. The molecule has 1 aliphatic rings. The number of hydrogen-bond acceptors (Lipinski definition) is 4. The lowest BCUT2D eigenvalue weighted by Crippen LogP contribution is -2.37. The monoisotopic (exact) mass is 501 g/mol. The van der Waals surface area contributed by atoms with Gasteiger partial charge in [0.05, 0.1) is 11.1 Å². The molecule has 1 amide bonds. The minimum absolute atomic E-state index is 0.00300. The molecule has 182 valence electrons. The second kappa shape index (κ2) is 9.75. The molecule has 1 aliphatic carbocycles. The first-order chi connectivity index (χ1) is 18.1. The van der Waals surface area contributed by atoms with Crippen molar-refractivity contribution in [3.05, 3.63) is 137 Å². The van der Waals surface area contributed by atoms with Gasteiger partial charge in [-0.15, -0.1) is 11.3 Å². The SMILES string of the molecule is C[C@]1(C(=O)Nc2nc(Cc3ccc(-c4ccncc4)cc3)cs2)Cc2ccccc2[C@@H]1c1ccccc1. The van der Waals surface area contributed by atoms with Crippen LogP contribution in [0.3, 0.4) is 0 Å². The molecule has 37 heavy (non-hydrogen) atoms. The molecule has 0 unspecified atom stereocenters. The van der Waals surface area contributed by atoms with E-state index in [-0.39, 0.29) is 11.8 Å². The van der Waals surface area contributed by atoms with Crippen molar-refractivity contribution in [1.29, 1.82) is 0 Å². The third-order valence-corrected chi connectivity index (χ3v) is 8.14. The molecule has 0 saturated carbocycles. The zero-order valence-corrected chi connectivity index (χ0v) is 21.4. The summed E-state index contributed by atoms with van der Waals surface area (Å²) in [6.45, 7) is 2.08. The number of carbonyl (C=O) groups is 1. The van der Waals surface area contributed by atoms with Gasteiger partial charge in [0.2, 0.25) is 5.91 Å². The van der Waals surface area contributed by atoms with Crippen LogP contribution in [0.4, 0.5) is 5.13 Å². The molecule has 0 saturated heterocycles. The third-order valence-electron chi connectivity index (χ3n) is 7.34. The highest BCUT2D eigenvalue weighted by Gasteiger charge is 2.48. The Morgan fingerprint density at radius 3 is 2.41 bits per heavy atom. The molecule has 5 aromatic rings. The van der Waals surface area contributed by atoms with Gasteiger partial charge in [0, 0.05) is 30.1 Å². The number of hydrogen-bond donors (Lipinski definition) is 1. The Morgan fingerprint density at radius 1 is 0.919 bits per heavy atom. The number of nitrogens with one attached hydrogen (secondary N) is 1. The molecule has 4 nitrogen and oxygen atoms in total. The second-order valence-corrected chi connectivity index (χ2v) is 10.7. The first kappa shape index (κ1) is 23.3. The highest BCUT2D eigenvalue weighted by molar-refractivity contribution is 7.13. The Balaban J connectivity index is 1.19. The van der Waals surface area contributed by atoms with Crippen molar-refractivity contribution in [2.75, 3.05) is 5.32 Å². The fraction of sp³-hybridized carbons (Fsp3) is 0.156. The normalized spacial score (nSPS) is 18.4. The van der Waals surface area contributed by atoms with Gasteiger partial charge in [-0.05, 0) is 58.9 Å². The van der Waals surface area contributed by atoms with Crippen molar-refractivity contribution in [2.45, 2.75) is 25.7 Å². The van der Waals surface area contributed by atoms with Crippen LogP contribution >= 0.6 is 11.3 Å². The van der Waals surface area contributed by atoms with E-state index in [1.807, 2.05) is 35.7 Å². The first-order valence-electron chi connectivity index (χ1n) is 12.5. The summed E-state index contributed by atoms with van der Waals surface area (Å²) < 4.78 is 0. The van der Waals surface area contributed by atoms with Gasteiger partial charge in [0.1, 0.15) is 0 Å². The maximum absolute atomic E-state index is 13.8. The number of thiazole rings is 1. The van der Waals surface area contributed by atoms with Gasteiger partial charge in [0.25, 0.3) is 0 Å². The number of rotatable bonds is 6. The molecule has 1 N–H and O–H groups in total. The van der Waals surface area contributed by atoms with E-state index in [1.54, 1.807) is 12.4 Å². The fourth-order valence-electron chi connectivity index (χ4n) is 5.48. The minimum atomic E-state index is -0.598. The average molecular weight is 502 g/mol. The fourth-order valence-corrected chi connectivity index (χ4v) is 6.18. The van der Waals surface area contributed by atoms with Gasteiger partial charge >= 0.3 is 0 Å². The van der Waals surface area contributed by atoms with Gasteiger partial charge in [-0.1, -0.05) is 78.9 Å². The van der Waals surface area contributed by atoms with Crippen LogP contribution in [0.5, 0.6) is 0 Å². The predicted molar refractivity (Wildman–Crippen MR) is 150 cm³/mol. The number of carbonyl (C=O) groups excluding carboxylic acids is 1. The zero-order chi connectivity index (χ0) is 25.2. The maximum Gasteiger partial charge on any atom is 0.233 e. The molecule has 2 heterocycles. The molecule has 0 spiro atoms. The first-order valence-corrected chi connectivity index (χ1v) is 13.4. The van der Waals surface area contributed by atoms with E-state index in [0.717, 1.165) is 23.2 Å². The molecule has 2 atom stereocenters. The molecule has 2 aromatic heterocycles. The summed E-state index contributed by atoms with van der Waals surface area (Å²) in [6.07, 6.45) is 5.04. The standard InChI is InChI=1S/C32H27N3OS/c1-32(20-26-9-5-6-10-28(26)29(32)25-7-3-2-4-8-25)30(36)35-31-34-27(21-37-31)19-22-11-13-23(14-12-22)24-15-17-33-18-16-24/h2-18,21,29H,19-20H2,1H3,(H,34,35,36)/t29-,32-/m0/s1. The van der Waals surface area contributed by atoms with Gasteiger partial charge in [0.15, 0.2) is 5.13 Å². The molecule has 0 aliphatic heterocycles. The molecule has 0 radical (unpaired) electrons. The number of amides is 1. The van der Waals surface area contributed by atoms with E-state index in [9.17, 15) is 4.79 Å². The summed E-state index contributed by atoms with van der Waals surface area (Å²) >= 11 is 1.49. The quantitative estimate of drug-likeness (QED) is 0.269. The van der Waals surface area contributed by atoms with Crippen molar-refractivity contribution in [3.63, 3.8) is 0 Å². The molecule has 0 bridgehead atoms. The van der Waals surface area contributed by atoms with Crippen LogP contribution in [-0.2, 0) is 17.6 Å². The van der Waals surface area contributed by atoms with E-state index < -0.39 is 5.41 Å². The largest absolute Gasteiger partial charge is 0.301 e. The van der Waals surface area contributed by atoms with Crippen LogP contribution in [0.25, 0.3) is 11.1 Å². The summed E-state index contributed by atoms with van der Waals surface area (Å²) in [4.78, 5) is 22.6. The lowest BCUT2D eigenvalue weighted by atomic mass is 9.73.